The van der Waals surface area contributed by atoms with E-state index in [4.69, 9.17) is 4.74 Å². The van der Waals surface area contributed by atoms with Gasteiger partial charge in [0.15, 0.2) is 0 Å². The average Bonchev–Trinajstić information content (AvgIpc) is 2.93. The van der Waals surface area contributed by atoms with Crippen LogP contribution in [0.4, 0.5) is 5.95 Å². The lowest BCUT2D eigenvalue weighted by Gasteiger charge is -2.24. The van der Waals surface area contributed by atoms with Gasteiger partial charge in [0.25, 0.3) is 0 Å². The Morgan fingerprint density at radius 2 is 2.41 bits per heavy atom. The highest BCUT2D eigenvalue weighted by molar-refractivity contribution is 5.32. The van der Waals surface area contributed by atoms with Crippen molar-refractivity contribution in [1.82, 2.24) is 25.5 Å². The van der Waals surface area contributed by atoms with Crippen molar-refractivity contribution < 1.29 is 4.74 Å². The molecule has 1 aromatic rings. The first-order valence-electron chi connectivity index (χ1n) is 6.01. The molecule has 17 heavy (non-hydrogen) atoms. The second-order valence-corrected chi connectivity index (χ2v) is 4.29. The zero-order valence-electron chi connectivity index (χ0n) is 10.5. The quantitative estimate of drug-likeness (QED) is 0.671. The van der Waals surface area contributed by atoms with Crippen molar-refractivity contribution in [3.8, 4) is 0 Å². The summed E-state index contributed by atoms with van der Waals surface area (Å²) in [6, 6.07) is 0.483. The zero-order valence-corrected chi connectivity index (χ0v) is 10.5. The fraction of sp³-hybridized carbons (Fsp3) is 0.900. The highest BCUT2D eigenvalue weighted by Gasteiger charge is 2.27. The summed E-state index contributed by atoms with van der Waals surface area (Å²) < 4.78 is 6.74. The molecule has 0 amide bonds. The molecule has 0 aromatic carbocycles. The molecule has 0 radical (unpaired) electrons. The van der Waals surface area contributed by atoms with E-state index in [9.17, 15) is 0 Å². The van der Waals surface area contributed by atoms with Gasteiger partial charge in [-0.1, -0.05) is 5.10 Å². The lowest BCUT2D eigenvalue weighted by atomic mass is 10.2. The first-order chi connectivity index (χ1) is 8.33. The van der Waals surface area contributed by atoms with Crippen LogP contribution in [0.3, 0.4) is 0 Å². The van der Waals surface area contributed by atoms with Crippen molar-refractivity contribution in [2.75, 3.05) is 38.3 Å². The predicted octanol–water partition coefficient (Wildman–Crippen LogP) is -0.585. The molecule has 0 saturated carbocycles. The minimum atomic E-state index is 0.483. The molecule has 7 heteroatoms. The summed E-state index contributed by atoms with van der Waals surface area (Å²) in [4.78, 5) is 2.28. The Labute approximate surface area is 101 Å². The molecule has 1 fully saturated rings. The van der Waals surface area contributed by atoms with Crippen molar-refractivity contribution >= 4 is 5.95 Å². The minimum absolute atomic E-state index is 0.483. The molecule has 1 aliphatic heterocycles. The van der Waals surface area contributed by atoms with E-state index in [0.717, 1.165) is 32.2 Å². The van der Waals surface area contributed by atoms with Gasteiger partial charge in [0.05, 0.1) is 6.61 Å². The number of tetrazole rings is 1. The van der Waals surface area contributed by atoms with Crippen LogP contribution in [-0.2, 0) is 11.8 Å². The van der Waals surface area contributed by atoms with Crippen LogP contribution in [0.25, 0.3) is 0 Å². The average molecular weight is 240 g/mol. The Balaban J connectivity index is 1.87. The molecule has 1 N–H and O–H groups in total. The van der Waals surface area contributed by atoms with Crippen LogP contribution in [0, 0.1) is 0 Å². The Morgan fingerprint density at radius 1 is 1.53 bits per heavy atom. The van der Waals surface area contributed by atoms with E-state index in [2.05, 4.69) is 25.7 Å². The topological polar surface area (TPSA) is 68.1 Å². The second-order valence-electron chi connectivity index (χ2n) is 4.29. The summed E-state index contributed by atoms with van der Waals surface area (Å²) in [5.74, 6) is 0.862. The van der Waals surface area contributed by atoms with Gasteiger partial charge in [0.1, 0.15) is 0 Å². The minimum Gasteiger partial charge on any atom is -0.383 e. The van der Waals surface area contributed by atoms with Crippen LogP contribution in [-0.4, -0.2) is 59.6 Å². The number of methoxy groups -OCH3 is 1. The normalized spacial score (nSPS) is 20.1. The fourth-order valence-electron chi connectivity index (χ4n) is 2.22. The molecule has 0 bridgehead atoms. The lowest BCUT2D eigenvalue weighted by Crippen LogP contribution is -2.40. The van der Waals surface area contributed by atoms with Gasteiger partial charge in [-0.15, -0.1) is 0 Å². The van der Waals surface area contributed by atoms with E-state index in [0.29, 0.717) is 6.04 Å². The van der Waals surface area contributed by atoms with E-state index in [-0.39, 0.29) is 0 Å². The standard InChI is InChI=1S/C10H20N6O/c1-15-10(12-13-14-15)16-6-3-4-9(16)8-11-5-7-17-2/h9,11H,3-8H2,1-2H3. The van der Waals surface area contributed by atoms with E-state index in [1.807, 2.05) is 7.05 Å². The number of nitrogens with one attached hydrogen (secondary N) is 1. The van der Waals surface area contributed by atoms with Crippen molar-refractivity contribution in [2.45, 2.75) is 18.9 Å². The monoisotopic (exact) mass is 240 g/mol. The van der Waals surface area contributed by atoms with Crippen molar-refractivity contribution in [3.05, 3.63) is 0 Å². The van der Waals surface area contributed by atoms with Gasteiger partial charge >= 0.3 is 0 Å². The Hall–Kier alpha value is -1.21. The number of hydrogen-bond acceptors (Lipinski definition) is 6. The van der Waals surface area contributed by atoms with E-state index in [1.54, 1.807) is 11.8 Å². The highest BCUT2D eigenvalue weighted by Crippen LogP contribution is 2.21. The molecule has 2 rings (SSSR count). The molecule has 1 aliphatic rings. The van der Waals surface area contributed by atoms with Crippen LogP contribution in [0.15, 0.2) is 0 Å². The SMILES string of the molecule is COCCNCC1CCCN1c1nnnn1C. The molecule has 1 saturated heterocycles. The van der Waals surface area contributed by atoms with Gasteiger partial charge in [0, 0.05) is 39.8 Å². The van der Waals surface area contributed by atoms with Crippen LogP contribution in [0.5, 0.6) is 0 Å². The van der Waals surface area contributed by atoms with Gasteiger partial charge in [0.2, 0.25) is 5.95 Å². The largest absolute Gasteiger partial charge is 0.383 e. The van der Waals surface area contributed by atoms with Gasteiger partial charge < -0.3 is 15.0 Å². The predicted molar refractivity (Wildman–Crippen MR) is 63.9 cm³/mol. The lowest BCUT2D eigenvalue weighted by molar-refractivity contribution is 0.199. The van der Waals surface area contributed by atoms with Crippen LogP contribution in [0.1, 0.15) is 12.8 Å². The van der Waals surface area contributed by atoms with Gasteiger partial charge in [-0.05, 0) is 23.3 Å². The van der Waals surface area contributed by atoms with Crippen molar-refractivity contribution in [1.29, 1.82) is 0 Å². The number of rotatable bonds is 6. The van der Waals surface area contributed by atoms with Crippen molar-refractivity contribution in [2.24, 2.45) is 7.05 Å². The van der Waals surface area contributed by atoms with Gasteiger partial charge in [-0.25, -0.2) is 4.68 Å². The maximum absolute atomic E-state index is 5.01. The molecule has 1 aromatic heterocycles. The van der Waals surface area contributed by atoms with Crippen LogP contribution >= 0.6 is 0 Å². The molecule has 0 spiro atoms. The van der Waals surface area contributed by atoms with Crippen LogP contribution in [0.2, 0.25) is 0 Å². The third-order valence-electron chi connectivity index (χ3n) is 3.09. The third-order valence-corrected chi connectivity index (χ3v) is 3.09. The molecule has 2 heterocycles. The number of ether oxygens (including phenoxy) is 1. The fourth-order valence-corrected chi connectivity index (χ4v) is 2.22. The Kier molecular flexibility index (Phi) is 4.27. The van der Waals surface area contributed by atoms with Gasteiger partial charge in [-0.2, -0.15) is 0 Å². The second kappa shape index (κ2) is 5.92. The number of aryl methyl sites for hydroxylation is 1. The third kappa shape index (κ3) is 2.92. The zero-order chi connectivity index (χ0) is 12.1. The Bertz CT molecular complexity index is 341. The smallest absolute Gasteiger partial charge is 0.245 e. The number of hydrogen-bond donors (Lipinski definition) is 1. The van der Waals surface area contributed by atoms with Crippen LogP contribution < -0.4 is 10.2 Å². The molecule has 0 aliphatic carbocycles. The number of aromatic nitrogens is 4. The van der Waals surface area contributed by atoms with E-state index in [1.165, 1.54) is 12.8 Å². The molecule has 1 atom stereocenters. The summed E-state index contributed by atoms with van der Waals surface area (Å²) in [5.41, 5.74) is 0. The molecule has 96 valence electrons. The maximum Gasteiger partial charge on any atom is 0.245 e. The molecular formula is C10H20N6O. The highest BCUT2D eigenvalue weighted by atomic mass is 16.5. The summed E-state index contributed by atoms with van der Waals surface area (Å²) in [7, 11) is 3.60. The summed E-state index contributed by atoms with van der Waals surface area (Å²) in [6.07, 6.45) is 2.39. The maximum atomic E-state index is 5.01. The molecular weight excluding hydrogens is 220 g/mol. The number of nitrogens with zero attached hydrogens (tertiary/aromatic N) is 5. The number of anilines is 1. The van der Waals surface area contributed by atoms with E-state index < -0.39 is 0 Å². The van der Waals surface area contributed by atoms with Gasteiger partial charge in [-0.3, -0.25) is 0 Å². The summed E-state index contributed by atoms with van der Waals surface area (Å²) in [6.45, 7) is 3.62. The summed E-state index contributed by atoms with van der Waals surface area (Å²) >= 11 is 0. The molecule has 7 nitrogen and oxygen atoms in total. The molecule has 1 unspecified atom stereocenters. The summed E-state index contributed by atoms with van der Waals surface area (Å²) in [5, 5.41) is 15.0. The Morgan fingerprint density at radius 3 is 3.12 bits per heavy atom. The van der Waals surface area contributed by atoms with Crippen molar-refractivity contribution in [3.63, 3.8) is 0 Å². The van der Waals surface area contributed by atoms with E-state index >= 15 is 0 Å². The first-order valence-corrected chi connectivity index (χ1v) is 6.01. The first kappa shape index (κ1) is 12.3.